The van der Waals surface area contributed by atoms with Crippen LogP contribution in [-0.2, 0) is 6.42 Å². The summed E-state index contributed by atoms with van der Waals surface area (Å²) < 4.78 is 0. The standard InChI is InChI=1S/C15H16O2/c1-11(13-7-3-5-9-15(13)17)10-12-6-2-4-8-14(12)16/h2-9,11,16-17H,10H2,1H3. The van der Waals surface area contributed by atoms with Crippen molar-refractivity contribution in [2.45, 2.75) is 19.3 Å². The third kappa shape index (κ3) is 2.59. The van der Waals surface area contributed by atoms with Gasteiger partial charge in [0.2, 0.25) is 0 Å². The molecule has 17 heavy (non-hydrogen) atoms. The van der Waals surface area contributed by atoms with Crippen molar-refractivity contribution >= 4 is 0 Å². The molecule has 88 valence electrons. The van der Waals surface area contributed by atoms with Crippen molar-refractivity contribution in [3.05, 3.63) is 59.7 Å². The fraction of sp³-hybridized carbons (Fsp3) is 0.200. The number of phenolic OH excluding ortho intramolecular Hbond substituents is 2. The van der Waals surface area contributed by atoms with Crippen molar-refractivity contribution in [2.75, 3.05) is 0 Å². The summed E-state index contributed by atoms with van der Waals surface area (Å²) >= 11 is 0. The molecule has 1 atom stereocenters. The van der Waals surface area contributed by atoms with E-state index in [4.69, 9.17) is 0 Å². The summed E-state index contributed by atoms with van der Waals surface area (Å²) in [7, 11) is 0. The first-order valence-corrected chi connectivity index (χ1v) is 5.73. The average molecular weight is 228 g/mol. The molecule has 0 radical (unpaired) electrons. The highest BCUT2D eigenvalue weighted by Gasteiger charge is 2.12. The fourth-order valence-corrected chi connectivity index (χ4v) is 2.03. The van der Waals surface area contributed by atoms with Crippen molar-refractivity contribution in [2.24, 2.45) is 0 Å². The monoisotopic (exact) mass is 228 g/mol. The van der Waals surface area contributed by atoms with Gasteiger partial charge >= 0.3 is 0 Å². The Labute approximate surface area is 101 Å². The lowest BCUT2D eigenvalue weighted by Gasteiger charge is -2.14. The Morgan fingerprint density at radius 3 is 2.12 bits per heavy atom. The molecule has 2 heteroatoms. The van der Waals surface area contributed by atoms with Crippen molar-refractivity contribution < 1.29 is 10.2 Å². The van der Waals surface area contributed by atoms with Gasteiger partial charge in [-0.1, -0.05) is 43.3 Å². The largest absolute Gasteiger partial charge is 0.508 e. The highest BCUT2D eigenvalue weighted by molar-refractivity contribution is 5.38. The molecule has 0 heterocycles. The second-order valence-electron chi connectivity index (χ2n) is 4.29. The van der Waals surface area contributed by atoms with E-state index < -0.39 is 0 Å². The van der Waals surface area contributed by atoms with Crippen LogP contribution in [0.4, 0.5) is 0 Å². The Morgan fingerprint density at radius 1 is 0.882 bits per heavy atom. The molecular weight excluding hydrogens is 212 g/mol. The quantitative estimate of drug-likeness (QED) is 0.844. The maximum atomic E-state index is 9.77. The first-order chi connectivity index (χ1) is 8.18. The molecule has 2 aromatic carbocycles. The van der Waals surface area contributed by atoms with Crippen LogP contribution in [0.2, 0.25) is 0 Å². The molecule has 0 saturated carbocycles. The number of aromatic hydroxyl groups is 2. The zero-order chi connectivity index (χ0) is 12.3. The molecule has 0 spiro atoms. The third-order valence-corrected chi connectivity index (χ3v) is 2.99. The van der Waals surface area contributed by atoms with Crippen LogP contribution in [0.5, 0.6) is 11.5 Å². The summed E-state index contributed by atoms with van der Waals surface area (Å²) in [6, 6.07) is 14.6. The Morgan fingerprint density at radius 2 is 1.47 bits per heavy atom. The highest BCUT2D eigenvalue weighted by atomic mass is 16.3. The van der Waals surface area contributed by atoms with Gasteiger partial charge in [0.25, 0.3) is 0 Å². The zero-order valence-corrected chi connectivity index (χ0v) is 9.80. The van der Waals surface area contributed by atoms with Crippen molar-refractivity contribution in [1.29, 1.82) is 0 Å². The molecule has 0 bridgehead atoms. The van der Waals surface area contributed by atoms with Crippen LogP contribution in [0.15, 0.2) is 48.5 Å². The van der Waals surface area contributed by atoms with Crippen molar-refractivity contribution in [3.63, 3.8) is 0 Å². The van der Waals surface area contributed by atoms with Crippen LogP contribution in [0, 0.1) is 0 Å². The van der Waals surface area contributed by atoms with Gasteiger partial charge in [-0.2, -0.15) is 0 Å². The predicted molar refractivity (Wildman–Crippen MR) is 68.3 cm³/mol. The van der Waals surface area contributed by atoms with E-state index in [-0.39, 0.29) is 5.92 Å². The molecule has 2 nitrogen and oxygen atoms in total. The number of para-hydroxylation sites is 2. The van der Waals surface area contributed by atoms with E-state index in [0.29, 0.717) is 17.9 Å². The maximum absolute atomic E-state index is 9.77. The topological polar surface area (TPSA) is 40.5 Å². The Kier molecular flexibility index (Phi) is 3.33. The molecule has 2 rings (SSSR count). The molecule has 0 aliphatic carbocycles. The molecule has 0 saturated heterocycles. The summed E-state index contributed by atoms with van der Waals surface area (Å²) in [4.78, 5) is 0. The normalized spacial score (nSPS) is 12.3. The smallest absolute Gasteiger partial charge is 0.119 e. The number of rotatable bonds is 3. The van der Waals surface area contributed by atoms with E-state index >= 15 is 0 Å². The van der Waals surface area contributed by atoms with E-state index in [2.05, 4.69) is 0 Å². The van der Waals surface area contributed by atoms with Gasteiger partial charge in [0.1, 0.15) is 11.5 Å². The van der Waals surface area contributed by atoms with E-state index in [1.54, 1.807) is 12.1 Å². The number of hydrogen-bond donors (Lipinski definition) is 2. The zero-order valence-electron chi connectivity index (χ0n) is 9.80. The van der Waals surface area contributed by atoms with Crippen LogP contribution in [0.3, 0.4) is 0 Å². The highest BCUT2D eigenvalue weighted by Crippen LogP contribution is 2.30. The molecule has 0 aromatic heterocycles. The molecule has 0 aliphatic rings. The molecular formula is C15H16O2. The third-order valence-electron chi connectivity index (χ3n) is 2.99. The van der Waals surface area contributed by atoms with Gasteiger partial charge in [-0.25, -0.2) is 0 Å². The van der Waals surface area contributed by atoms with E-state index in [1.165, 1.54) is 0 Å². The van der Waals surface area contributed by atoms with E-state index in [9.17, 15) is 10.2 Å². The van der Waals surface area contributed by atoms with Crippen LogP contribution in [0.25, 0.3) is 0 Å². The van der Waals surface area contributed by atoms with Crippen molar-refractivity contribution in [1.82, 2.24) is 0 Å². The molecule has 2 aromatic rings. The van der Waals surface area contributed by atoms with E-state index in [0.717, 1.165) is 11.1 Å². The number of phenols is 2. The van der Waals surface area contributed by atoms with Gasteiger partial charge in [0.05, 0.1) is 0 Å². The second-order valence-corrected chi connectivity index (χ2v) is 4.29. The van der Waals surface area contributed by atoms with Gasteiger partial charge in [-0.05, 0) is 35.6 Å². The van der Waals surface area contributed by atoms with Crippen molar-refractivity contribution in [3.8, 4) is 11.5 Å². The van der Waals surface area contributed by atoms with Crippen LogP contribution < -0.4 is 0 Å². The lowest BCUT2D eigenvalue weighted by molar-refractivity contribution is 0.455. The first kappa shape index (κ1) is 11.5. The van der Waals surface area contributed by atoms with Gasteiger partial charge in [0, 0.05) is 0 Å². The van der Waals surface area contributed by atoms with Gasteiger partial charge < -0.3 is 10.2 Å². The Balaban J connectivity index is 2.20. The number of benzene rings is 2. The average Bonchev–Trinajstić information content (AvgIpc) is 2.32. The van der Waals surface area contributed by atoms with Crippen LogP contribution in [0.1, 0.15) is 24.0 Å². The van der Waals surface area contributed by atoms with Gasteiger partial charge in [0.15, 0.2) is 0 Å². The lowest BCUT2D eigenvalue weighted by Crippen LogP contribution is -1.99. The maximum Gasteiger partial charge on any atom is 0.119 e. The molecule has 0 amide bonds. The summed E-state index contributed by atoms with van der Waals surface area (Å²) in [5.74, 6) is 0.801. The molecule has 2 N–H and O–H groups in total. The molecule has 0 aliphatic heterocycles. The SMILES string of the molecule is CC(Cc1ccccc1O)c1ccccc1O. The summed E-state index contributed by atoms with van der Waals surface area (Å²) in [6.45, 7) is 2.04. The second kappa shape index (κ2) is 4.91. The predicted octanol–water partition coefficient (Wildman–Crippen LogP) is 3.44. The summed E-state index contributed by atoms with van der Waals surface area (Å²) in [5.41, 5.74) is 1.82. The van der Waals surface area contributed by atoms with Crippen LogP contribution >= 0.6 is 0 Å². The molecule has 1 unspecified atom stereocenters. The van der Waals surface area contributed by atoms with E-state index in [1.807, 2.05) is 43.3 Å². The van der Waals surface area contributed by atoms with Crippen LogP contribution in [-0.4, -0.2) is 10.2 Å². The minimum atomic E-state index is 0.171. The summed E-state index contributed by atoms with van der Waals surface area (Å²) in [5, 5.41) is 19.5. The Hall–Kier alpha value is -1.96. The van der Waals surface area contributed by atoms with Gasteiger partial charge in [-0.3, -0.25) is 0 Å². The molecule has 0 fully saturated rings. The lowest BCUT2D eigenvalue weighted by atomic mass is 9.93. The fourth-order valence-electron chi connectivity index (χ4n) is 2.03. The first-order valence-electron chi connectivity index (χ1n) is 5.73. The van der Waals surface area contributed by atoms with Gasteiger partial charge in [-0.15, -0.1) is 0 Å². The summed E-state index contributed by atoms with van der Waals surface area (Å²) in [6.07, 6.45) is 0.713. The minimum Gasteiger partial charge on any atom is -0.508 e. The number of hydrogen-bond acceptors (Lipinski definition) is 2. The Bertz CT molecular complexity index is 506. The minimum absolute atomic E-state index is 0.171.